The summed E-state index contributed by atoms with van der Waals surface area (Å²) in [5.74, 6) is 0.390. The molecule has 0 unspecified atom stereocenters. The minimum Gasteiger partial charge on any atom is -0.508 e. The van der Waals surface area contributed by atoms with Gasteiger partial charge in [0, 0.05) is 12.3 Å². The minimum absolute atomic E-state index is 0.0333. The topological polar surface area (TPSA) is 92.3 Å². The first-order valence-corrected chi connectivity index (χ1v) is 6.49. The Morgan fingerprint density at radius 3 is 2.81 bits per heavy atom. The summed E-state index contributed by atoms with van der Waals surface area (Å²) in [4.78, 5) is 8.54. The molecule has 0 atom stereocenters. The fourth-order valence-corrected chi connectivity index (χ4v) is 2.06. The molecular weight excluding hydrogens is 270 g/mol. The van der Waals surface area contributed by atoms with E-state index < -0.39 is 0 Å². The van der Waals surface area contributed by atoms with Gasteiger partial charge in [-0.15, -0.1) is 0 Å². The molecule has 1 aromatic carbocycles. The van der Waals surface area contributed by atoms with Gasteiger partial charge in [0.25, 0.3) is 5.89 Å². The number of nitrogens with zero attached hydrogens (tertiary/aromatic N) is 3. The van der Waals surface area contributed by atoms with Gasteiger partial charge in [0.15, 0.2) is 0 Å². The number of benzene rings is 1. The summed E-state index contributed by atoms with van der Waals surface area (Å²) < 4.78 is 5.18. The second-order valence-corrected chi connectivity index (χ2v) is 4.49. The van der Waals surface area contributed by atoms with Crippen molar-refractivity contribution in [3.8, 4) is 34.5 Å². The number of rotatable bonds is 3. The SMILES string of the molecule is CCc1cccnc1-c1noc(-c2ccc(O)cc2O)n1. The van der Waals surface area contributed by atoms with E-state index in [4.69, 9.17) is 4.52 Å². The molecule has 0 aliphatic carbocycles. The first-order chi connectivity index (χ1) is 10.2. The highest BCUT2D eigenvalue weighted by Gasteiger charge is 2.16. The molecule has 2 N–H and O–H groups in total. The lowest BCUT2D eigenvalue weighted by atomic mass is 10.1. The van der Waals surface area contributed by atoms with Gasteiger partial charge in [0.2, 0.25) is 5.82 Å². The monoisotopic (exact) mass is 283 g/mol. The van der Waals surface area contributed by atoms with Crippen molar-refractivity contribution in [3.05, 3.63) is 42.1 Å². The van der Waals surface area contributed by atoms with Gasteiger partial charge in [-0.2, -0.15) is 4.98 Å². The van der Waals surface area contributed by atoms with Gasteiger partial charge in [-0.25, -0.2) is 0 Å². The number of hydrogen-bond donors (Lipinski definition) is 2. The average Bonchev–Trinajstić information content (AvgIpc) is 2.96. The molecule has 3 aromatic rings. The van der Waals surface area contributed by atoms with Crippen molar-refractivity contribution in [2.75, 3.05) is 0 Å². The lowest BCUT2D eigenvalue weighted by Gasteiger charge is -2.01. The third-order valence-corrected chi connectivity index (χ3v) is 3.12. The maximum Gasteiger partial charge on any atom is 0.262 e. The van der Waals surface area contributed by atoms with Crippen LogP contribution in [0.15, 0.2) is 41.1 Å². The molecule has 2 aromatic heterocycles. The summed E-state index contributed by atoms with van der Waals surface area (Å²) in [6, 6.07) is 7.99. The van der Waals surface area contributed by atoms with Crippen LogP contribution in [-0.4, -0.2) is 25.3 Å². The van der Waals surface area contributed by atoms with E-state index in [9.17, 15) is 10.2 Å². The van der Waals surface area contributed by atoms with Crippen LogP contribution >= 0.6 is 0 Å². The van der Waals surface area contributed by atoms with Crippen LogP contribution < -0.4 is 0 Å². The van der Waals surface area contributed by atoms with Crippen molar-refractivity contribution >= 4 is 0 Å². The summed E-state index contributed by atoms with van der Waals surface area (Å²) in [5, 5.41) is 23.0. The standard InChI is InChI=1S/C15H13N3O3/c1-2-9-4-3-7-16-13(9)14-17-15(21-18-14)11-6-5-10(19)8-12(11)20/h3-8,19-20H,2H2,1H3. The van der Waals surface area contributed by atoms with E-state index in [2.05, 4.69) is 15.1 Å². The van der Waals surface area contributed by atoms with Gasteiger partial charge in [-0.05, 0) is 30.2 Å². The number of aromatic nitrogens is 3. The summed E-state index contributed by atoms with van der Waals surface area (Å²) in [7, 11) is 0. The first-order valence-electron chi connectivity index (χ1n) is 6.49. The Hall–Kier alpha value is -2.89. The fraction of sp³-hybridized carbons (Fsp3) is 0.133. The third-order valence-electron chi connectivity index (χ3n) is 3.12. The quantitative estimate of drug-likeness (QED) is 0.767. The molecule has 0 fully saturated rings. The molecule has 0 radical (unpaired) electrons. The zero-order valence-corrected chi connectivity index (χ0v) is 11.3. The van der Waals surface area contributed by atoms with E-state index in [1.54, 1.807) is 6.20 Å². The number of hydrogen-bond acceptors (Lipinski definition) is 6. The van der Waals surface area contributed by atoms with Crippen molar-refractivity contribution in [1.29, 1.82) is 0 Å². The zero-order chi connectivity index (χ0) is 14.8. The van der Waals surface area contributed by atoms with Crippen molar-refractivity contribution in [3.63, 3.8) is 0 Å². The van der Waals surface area contributed by atoms with Crippen LogP contribution in [0.2, 0.25) is 0 Å². The van der Waals surface area contributed by atoms with Gasteiger partial charge in [-0.3, -0.25) is 4.98 Å². The maximum atomic E-state index is 9.82. The predicted octanol–water partition coefficient (Wildman–Crippen LogP) is 2.77. The Morgan fingerprint density at radius 1 is 1.19 bits per heavy atom. The largest absolute Gasteiger partial charge is 0.508 e. The van der Waals surface area contributed by atoms with Gasteiger partial charge in [0.1, 0.15) is 17.2 Å². The number of pyridine rings is 1. The third kappa shape index (κ3) is 2.43. The lowest BCUT2D eigenvalue weighted by Crippen LogP contribution is -1.92. The number of phenolic OH excluding ortho intramolecular Hbond substituents is 2. The molecule has 6 nitrogen and oxygen atoms in total. The molecule has 0 saturated carbocycles. The van der Waals surface area contributed by atoms with E-state index in [1.165, 1.54) is 18.2 Å². The summed E-state index contributed by atoms with van der Waals surface area (Å²) in [6.07, 6.45) is 2.47. The van der Waals surface area contributed by atoms with Crippen LogP contribution in [0.3, 0.4) is 0 Å². The summed E-state index contributed by atoms with van der Waals surface area (Å²) >= 11 is 0. The van der Waals surface area contributed by atoms with Gasteiger partial charge >= 0.3 is 0 Å². The molecule has 2 heterocycles. The first kappa shape index (κ1) is 13.1. The van der Waals surface area contributed by atoms with Gasteiger partial charge in [0.05, 0.1) is 5.56 Å². The Kier molecular flexibility index (Phi) is 3.27. The summed E-state index contributed by atoms with van der Waals surface area (Å²) in [6.45, 7) is 2.02. The molecule has 0 aliphatic heterocycles. The highest BCUT2D eigenvalue weighted by molar-refractivity contribution is 5.65. The molecule has 0 amide bonds. The smallest absolute Gasteiger partial charge is 0.262 e. The normalized spacial score (nSPS) is 10.7. The van der Waals surface area contributed by atoms with E-state index in [0.29, 0.717) is 17.1 Å². The Balaban J connectivity index is 2.04. The Labute approximate surface area is 120 Å². The zero-order valence-electron chi connectivity index (χ0n) is 11.3. The molecule has 0 spiro atoms. The van der Waals surface area contributed by atoms with E-state index in [-0.39, 0.29) is 17.4 Å². The molecule has 0 saturated heterocycles. The molecular formula is C15H13N3O3. The molecule has 3 rings (SSSR count). The van der Waals surface area contributed by atoms with Crippen LogP contribution in [0.4, 0.5) is 0 Å². The van der Waals surface area contributed by atoms with Crippen LogP contribution in [0, 0.1) is 0 Å². The minimum atomic E-state index is -0.123. The van der Waals surface area contributed by atoms with E-state index in [1.807, 2.05) is 19.1 Å². The van der Waals surface area contributed by atoms with Crippen molar-refractivity contribution in [1.82, 2.24) is 15.1 Å². The number of phenols is 2. The van der Waals surface area contributed by atoms with Crippen LogP contribution in [0.25, 0.3) is 23.0 Å². The van der Waals surface area contributed by atoms with E-state index >= 15 is 0 Å². The number of aromatic hydroxyl groups is 2. The lowest BCUT2D eigenvalue weighted by molar-refractivity contribution is 0.423. The Bertz CT molecular complexity index is 783. The van der Waals surface area contributed by atoms with Gasteiger partial charge < -0.3 is 14.7 Å². The highest BCUT2D eigenvalue weighted by atomic mass is 16.5. The maximum absolute atomic E-state index is 9.82. The van der Waals surface area contributed by atoms with Crippen LogP contribution in [0.1, 0.15) is 12.5 Å². The molecule has 6 heteroatoms. The summed E-state index contributed by atoms with van der Waals surface area (Å²) in [5.41, 5.74) is 2.04. The van der Waals surface area contributed by atoms with Crippen LogP contribution in [-0.2, 0) is 6.42 Å². The van der Waals surface area contributed by atoms with E-state index in [0.717, 1.165) is 12.0 Å². The predicted molar refractivity (Wildman–Crippen MR) is 75.7 cm³/mol. The average molecular weight is 283 g/mol. The number of aryl methyl sites for hydroxylation is 1. The van der Waals surface area contributed by atoms with Crippen molar-refractivity contribution in [2.45, 2.75) is 13.3 Å². The molecule has 21 heavy (non-hydrogen) atoms. The fourth-order valence-electron chi connectivity index (χ4n) is 2.06. The molecule has 0 bridgehead atoms. The van der Waals surface area contributed by atoms with Crippen LogP contribution in [0.5, 0.6) is 11.5 Å². The highest BCUT2D eigenvalue weighted by Crippen LogP contribution is 2.32. The van der Waals surface area contributed by atoms with Gasteiger partial charge in [-0.1, -0.05) is 18.1 Å². The Morgan fingerprint density at radius 2 is 2.05 bits per heavy atom. The second kappa shape index (κ2) is 5.24. The van der Waals surface area contributed by atoms with Crippen molar-refractivity contribution < 1.29 is 14.7 Å². The second-order valence-electron chi connectivity index (χ2n) is 4.49. The molecule has 106 valence electrons. The molecule has 0 aliphatic rings. The van der Waals surface area contributed by atoms with Crippen molar-refractivity contribution in [2.24, 2.45) is 0 Å².